The van der Waals surface area contributed by atoms with Crippen molar-refractivity contribution in [2.75, 3.05) is 0 Å². The van der Waals surface area contributed by atoms with Gasteiger partial charge in [0.1, 0.15) is 24.0 Å². The second kappa shape index (κ2) is 7.14. The molecule has 2 fully saturated rings. The molecule has 0 saturated heterocycles. The van der Waals surface area contributed by atoms with Gasteiger partial charge in [0.15, 0.2) is 0 Å². The average Bonchev–Trinajstić information content (AvgIpc) is 3.52. The lowest BCUT2D eigenvalue weighted by Gasteiger charge is -2.46. The van der Waals surface area contributed by atoms with E-state index < -0.39 is 0 Å². The molecule has 2 heterocycles. The molecule has 0 N–H and O–H groups in total. The second-order valence-electron chi connectivity index (χ2n) is 9.57. The molecule has 162 valence electrons. The van der Waals surface area contributed by atoms with Crippen LogP contribution in [0.25, 0.3) is 22.1 Å². The molecule has 2 saturated carbocycles. The van der Waals surface area contributed by atoms with Crippen molar-refractivity contribution in [2.24, 2.45) is 13.0 Å². The lowest BCUT2D eigenvalue weighted by molar-refractivity contribution is 0.185. The van der Waals surface area contributed by atoms with Gasteiger partial charge in [-0.3, -0.25) is 4.79 Å². The molecule has 0 amide bonds. The van der Waals surface area contributed by atoms with E-state index in [1.54, 1.807) is 12.6 Å². The van der Waals surface area contributed by atoms with Crippen LogP contribution >= 0.6 is 15.9 Å². The number of aryl methyl sites for hydroxylation is 1. The fourth-order valence-corrected chi connectivity index (χ4v) is 5.98. The number of fused-ring (bicyclic) bond motifs is 1. The number of rotatable bonds is 4. The molecule has 2 aliphatic carbocycles. The highest BCUT2D eigenvalue weighted by Gasteiger charge is 2.48. The van der Waals surface area contributed by atoms with E-state index in [2.05, 4.69) is 51.3 Å². The maximum atomic E-state index is 13.5. The number of hydrogen-bond donors (Lipinski definition) is 0. The largest absolute Gasteiger partial charge is 0.463 e. The van der Waals surface area contributed by atoms with Gasteiger partial charge in [0.2, 0.25) is 5.43 Å². The Kier molecular flexibility index (Phi) is 4.44. The van der Waals surface area contributed by atoms with Gasteiger partial charge in [0, 0.05) is 11.5 Å². The summed E-state index contributed by atoms with van der Waals surface area (Å²) in [7, 11) is 2.00. The highest BCUT2D eigenvalue weighted by Crippen LogP contribution is 2.52. The minimum Gasteiger partial charge on any atom is -0.463 e. The zero-order valence-corrected chi connectivity index (χ0v) is 19.7. The summed E-state index contributed by atoms with van der Waals surface area (Å²) in [6, 6.07) is 12.3. The first-order valence-electron chi connectivity index (χ1n) is 11.2. The SMILES string of the molecule is CC1CC(c2cccc(-c3coc4c(C5CC5)cc(Br)cc4c3=O)c2)(c2nncn2C)C1. The van der Waals surface area contributed by atoms with Gasteiger partial charge in [-0.15, -0.1) is 10.2 Å². The number of halogens is 1. The molecule has 5 nitrogen and oxygen atoms in total. The Balaban J connectivity index is 1.49. The summed E-state index contributed by atoms with van der Waals surface area (Å²) in [5.74, 6) is 2.11. The van der Waals surface area contributed by atoms with Gasteiger partial charge < -0.3 is 8.98 Å². The minimum atomic E-state index is -0.167. The quantitative estimate of drug-likeness (QED) is 0.355. The Bertz CT molecular complexity index is 1410. The van der Waals surface area contributed by atoms with Gasteiger partial charge in [0.05, 0.1) is 16.4 Å². The normalized spacial score (nSPS) is 22.8. The molecule has 32 heavy (non-hydrogen) atoms. The van der Waals surface area contributed by atoms with E-state index in [9.17, 15) is 4.79 Å². The van der Waals surface area contributed by atoms with E-state index in [0.717, 1.165) is 52.7 Å². The number of aromatic nitrogens is 3. The minimum absolute atomic E-state index is 0.0151. The van der Waals surface area contributed by atoms with Crippen molar-refractivity contribution in [2.45, 2.75) is 43.9 Å². The fraction of sp³-hybridized carbons (Fsp3) is 0.346. The third kappa shape index (κ3) is 2.99. The molecule has 0 radical (unpaired) electrons. The molecule has 2 aromatic heterocycles. The first-order valence-corrected chi connectivity index (χ1v) is 12.0. The number of hydrogen-bond acceptors (Lipinski definition) is 4. The van der Waals surface area contributed by atoms with Crippen molar-refractivity contribution < 1.29 is 4.42 Å². The van der Waals surface area contributed by atoms with Crippen LogP contribution in [-0.2, 0) is 12.5 Å². The molecular formula is C26H24BrN3O2. The standard InChI is InChI=1S/C26H24BrN3O2/c1-15-11-26(12-15,25-29-28-14-30(25)2)18-5-3-4-17(8-18)22-13-32-24-20(16-6-7-16)9-19(27)10-21(24)23(22)31/h3-5,8-10,13-16H,6-7,11-12H2,1-2H3. The summed E-state index contributed by atoms with van der Waals surface area (Å²) in [4.78, 5) is 13.5. The Morgan fingerprint density at radius 2 is 2.00 bits per heavy atom. The molecule has 6 rings (SSSR count). The molecule has 2 aliphatic rings. The molecule has 0 spiro atoms. The lowest BCUT2D eigenvalue weighted by atomic mass is 9.58. The Labute approximate surface area is 194 Å². The molecule has 0 atom stereocenters. The van der Waals surface area contributed by atoms with Gasteiger partial charge >= 0.3 is 0 Å². The Hall–Kier alpha value is -2.73. The van der Waals surface area contributed by atoms with Crippen LogP contribution in [0.3, 0.4) is 0 Å². The molecule has 2 aromatic carbocycles. The highest BCUT2D eigenvalue weighted by molar-refractivity contribution is 9.10. The topological polar surface area (TPSA) is 60.9 Å². The van der Waals surface area contributed by atoms with Crippen molar-refractivity contribution in [3.8, 4) is 11.1 Å². The van der Waals surface area contributed by atoms with Crippen LogP contribution in [0, 0.1) is 5.92 Å². The molecule has 4 aromatic rings. The predicted molar refractivity (Wildman–Crippen MR) is 128 cm³/mol. The third-order valence-corrected chi connectivity index (χ3v) is 7.60. The molecule has 0 unspecified atom stereocenters. The maximum Gasteiger partial charge on any atom is 0.200 e. The van der Waals surface area contributed by atoms with Gasteiger partial charge in [-0.2, -0.15) is 0 Å². The second-order valence-corrected chi connectivity index (χ2v) is 10.5. The summed E-state index contributed by atoms with van der Waals surface area (Å²) < 4.78 is 9.03. The summed E-state index contributed by atoms with van der Waals surface area (Å²) in [6.45, 7) is 2.27. The van der Waals surface area contributed by atoms with Crippen LogP contribution in [0.5, 0.6) is 0 Å². The van der Waals surface area contributed by atoms with E-state index in [0.29, 0.717) is 22.8 Å². The summed E-state index contributed by atoms with van der Waals surface area (Å²) in [5, 5.41) is 9.22. The first kappa shape index (κ1) is 19.9. The van der Waals surface area contributed by atoms with Crippen molar-refractivity contribution in [1.29, 1.82) is 0 Å². The summed E-state index contributed by atoms with van der Waals surface area (Å²) in [5.41, 5.74) is 4.37. The summed E-state index contributed by atoms with van der Waals surface area (Å²) in [6.07, 6.45) is 7.75. The van der Waals surface area contributed by atoms with Crippen LogP contribution < -0.4 is 5.43 Å². The predicted octanol–water partition coefficient (Wildman–Crippen LogP) is 5.94. The highest BCUT2D eigenvalue weighted by atomic mass is 79.9. The molecular weight excluding hydrogens is 466 g/mol. The molecule has 6 heteroatoms. The average molecular weight is 490 g/mol. The van der Waals surface area contributed by atoms with Gasteiger partial charge in [-0.1, -0.05) is 41.1 Å². The smallest absolute Gasteiger partial charge is 0.200 e. The van der Waals surface area contributed by atoms with E-state index >= 15 is 0 Å². The van der Waals surface area contributed by atoms with E-state index in [1.165, 1.54) is 5.56 Å². The van der Waals surface area contributed by atoms with Crippen LogP contribution in [-0.4, -0.2) is 14.8 Å². The molecule has 0 aliphatic heterocycles. The zero-order chi connectivity index (χ0) is 22.0. The van der Waals surface area contributed by atoms with E-state index in [4.69, 9.17) is 4.42 Å². The van der Waals surface area contributed by atoms with Crippen LogP contribution in [0.15, 0.2) is 62.7 Å². The number of benzene rings is 2. The fourth-order valence-electron chi connectivity index (χ4n) is 5.51. The van der Waals surface area contributed by atoms with E-state index in [-0.39, 0.29) is 10.8 Å². The lowest BCUT2D eigenvalue weighted by Crippen LogP contribution is -2.43. The van der Waals surface area contributed by atoms with Crippen molar-refractivity contribution in [3.05, 3.63) is 80.6 Å². The Morgan fingerprint density at radius 3 is 2.69 bits per heavy atom. The van der Waals surface area contributed by atoms with Crippen molar-refractivity contribution >= 4 is 26.9 Å². The number of nitrogens with zero attached hydrogens (tertiary/aromatic N) is 3. The third-order valence-electron chi connectivity index (χ3n) is 7.14. The van der Waals surface area contributed by atoms with Gasteiger partial charge in [-0.05, 0) is 72.4 Å². The van der Waals surface area contributed by atoms with Crippen molar-refractivity contribution in [3.63, 3.8) is 0 Å². The zero-order valence-electron chi connectivity index (χ0n) is 18.1. The Morgan fingerprint density at radius 1 is 1.19 bits per heavy atom. The van der Waals surface area contributed by atoms with Crippen LogP contribution in [0.2, 0.25) is 0 Å². The van der Waals surface area contributed by atoms with Gasteiger partial charge in [0.25, 0.3) is 0 Å². The van der Waals surface area contributed by atoms with Crippen molar-refractivity contribution in [1.82, 2.24) is 14.8 Å². The molecule has 0 bridgehead atoms. The van der Waals surface area contributed by atoms with E-state index in [1.807, 2.05) is 29.8 Å². The maximum absolute atomic E-state index is 13.5. The van der Waals surface area contributed by atoms with Crippen LogP contribution in [0.4, 0.5) is 0 Å². The van der Waals surface area contributed by atoms with Gasteiger partial charge in [-0.25, -0.2) is 0 Å². The summed E-state index contributed by atoms with van der Waals surface area (Å²) >= 11 is 3.59. The monoisotopic (exact) mass is 489 g/mol. The van der Waals surface area contributed by atoms with Crippen LogP contribution in [0.1, 0.15) is 55.5 Å². The first-order chi connectivity index (χ1) is 15.5.